The Kier molecular flexibility index (Phi) is 6.01. The lowest BCUT2D eigenvalue weighted by molar-refractivity contribution is 0.464. The van der Waals surface area contributed by atoms with Crippen LogP contribution in [0, 0.1) is 5.92 Å². The van der Waals surface area contributed by atoms with Crippen LogP contribution in [0.4, 0.5) is 0 Å². The van der Waals surface area contributed by atoms with Crippen LogP contribution in [0.25, 0.3) is 0 Å². The fraction of sp³-hybridized carbons (Fsp3) is 0.538. The van der Waals surface area contributed by atoms with Gasteiger partial charge in [-0.2, -0.15) is 0 Å². The predicted octanol–water partition coefficient (Wildman–Crippen LogP) is 4.91. The van der Waals surface area contributed by atoms with Gasteiger partial charge in [-0.3, -0.25) is 0 Å². The van der Waals surface area contributed by atoms with Crippen molar-refractivity contribution in [2.24, 2.45) is 5.92 Å². The van der Waals surface area contributed by atoms with E-state index in [0.29, 0.717) is 6.04 Å². The van der Waals surface area contributed by atoms with Gasteiger partial charge in [0.25, 0.3) is 0 Å². The molecule has 1 unspecified atom stereocenters. The van der Waals surface area contributed by atoms with Crippen molar-refractivity contribution in [2.45, 2.75) is 32.7 Å². The number of benzene rings is 1. The van der Waals surface area contributed by atoms with E-state index in [1.54, 1.807) is 0 Å². The van der Waals surface area contributed by atoms with E-state index in [9.17, 15) is 0 Å². The molecule has 0 aromatic heterocycles. The number of rotatable bonds is 5. The highest BCUT2D eigenvalue weighted by Gasteiger charge is 2.13. The van der Waals surface area contributed by atoms with Crippen LogP contribution >= 0.6 is 31.9 Å². The Bertz CT molecular complexity index is 337. The number of nitrogens with one attached hydrogen (secondary N) is 1. The molecule has 0 heterocycles. The van der Waals surface area contributed by atoms with E-state index >= 15 is 0 Å². The first kappa shape index (κ1) is 14.2. The molecule has 1 N–H and O–H groups in total. The minimum absolute atomic E-state index is 0.425. The predicted molar refractivity (Wildman–Crippen MR) is 77.7 cm³/mol. The van der Waals surface area contributed by atoms with Gasteiger partial charge in [0.1, 0.15) is 0 Å². The molecule has 90 valence electrons. The van der Waals surface area contributed by atoms with Crippen molar-refractivity contribution in [3.8, 4) is 0 Å². The molecule has 1 atom stereocenters. The van der Waals surface area contributed by atoms with E-state index in [1.165, 1.54) is 22.9 Å². The quantitative estimate of drug-likeness (QED) is 0.797. The van der Waals surface area contributed by atoms with Crippen molar-refractivity contribution in [2.75, 3.05) is 7.05 Å². The number of halogens is 2. The van der Waals surface area contributed by atoms with Gasteiger partial charge in [0.15, 0.2) is 0 Å². The van der Waals surface area contributed by atoms with Crippen LogP contribution in [0.2, 0.25) is 0 Å². The van der Waals surface area contributed by atoms with Crippen LogP contribution in [-0.4, -0.2) is 7.05 Å². The fourth-order valence-electron chi connectivity index (χ4n) is 1.74. The maximum absolute atomic E-state index is 3.62. The maximum atomic E-state index is 3.62. The Morgan fingerprint density at radius 1 is 1.19 bits per heavy atom. The van der Waals surface area contributed by atoms with Crippen molar-refractivity contribution in [1.29, 1.82) is 0 Å². The Hall–Kier alpha value is 0.140. The summed E-state index contributed by atoms with van der Waals surface area (Å²) >= 11 is 7.14. The van der Waals surface area contributed by atoms with Crippen LogP contribution in [0.5, 0.6) is 0 Å². The summed E-state index contributed by atoms with van der Waals surface area (Å²) in [4.78, 5) is 0. The van der Waals surface area contributed by atoms with Crippen molar-refractivity contribution in [3.63, 3.8) is 0 Å². The van der Waals surface area contributed by atoms with Crippen molar-refractivity contribution in [3.05, 3.63) is 32.7 Å². The second-order valence-electron chi connectivity index (χ2n) is 4.48. The van der Waals surface area contributed by atoms with Crippen molar-refractivity contribution >= 4 is 31.9 Å². The third-order valence-electron chi connectivity index (χ3n) is 2.71. The second kappa shape index (κ2) is 6.77. The molecule has 16 heavy (non-hydrogen) atoms. The highest BCUT2D eigenvalue weighted by Crippen LogP contribution is 2.30. The van der Waals surface area contributed by atoms with Gasteiger partial charge in [0.05, 0.1) is 0 Å². The van der Waals surface area contributed by atoms with Gasteiger partial charge in [0.2, 0.25) is 0 Å². The Morgan fingerprint density at radius 3 is 2.44 bits per heavy atom. The van der Waals surface area contributed by atoms with E-state index in [-0.39, 0.29) is 0 Å². The summed E-state index contributed by atoms with van der Waals surface area (Å²) in [6, 6.07) is 6.77. The lowest BCUT2D eigenvalue weighted by atomic mass is 9.98. The molecule has 3 heteroatoms. The average Bonchev–Trinajstić information content (AvgIpc) is 2.23. The van der Waals surface area contributed by atoms with Crippen molar-refractivity contribution < 1.29 is 0 Å². The highest BCUT2D eigenvalue weighted by molar-refractivity contribution is 9.11. The molecule has 1 aromatic rings. The van der Waals surface area contributed by atoms with Crippen LogP contribution in [-0.2, 0) is 0 Å². The van der Waals surface area contributed by atoms with Crippen LogP contribution in [0.15, 0.2) is 27.1 Å². The summed E-state index contributed by atoms with van der Waals surface area (Å²) < 4.78 is 2.31. The summed E-state index contributed by atoms with van der Waals surface area (Å²) in [6.07, 6.45) is 2.41. The zero-order valence-electron chi connectivity index (χ0n) is 10.1. The van der Waals surface area contributed by atoms with E-state index in [1.807, 2.05) is 7.05 Å². The number of hydrogen-bond acceptors (Lipinski definition) is 1. The van der Waals surface area contributed by atoms with Gasteiger partial charge in [0, 0.05) is 15.0 Å². The molecule has 0 saturated carbocycles. The Labute approximate surface area is 115 Å². The molecule has 0 spiro atoms. The smallest absolute Gasteiger partial charge is 0.0329 e. The van der Waals surface area contributed by atoms with E-state index in [0.717, 1.165) is 10.4 Å². The second-order valence-corrected chi connectivity index (χ2v) is 6.25. The van der Waals surface area contributed by atoms with Crippen LogP contribution < -0.4 is 5.32 Å². The lowest BCUT2D eigenvalue weighted by Crippen LogP contribution is -2.17. The molecule has 0 aliphatic heterocycles. The minimum atomic E-state index is 0.425. The largest absolute Gasteiger partial charge is 0.313 e. The first-order chi connectivity index (χ1) is 7.54. The van der Waals surface area contributed by atoms with Gasteiger partial charge < -0.3 is 5.32 Å². The summed E-state index contributed by atoms with van der Waals surface area (Å²) in [5, 5.41) is 3.39. The maximum Gasteiger partial charge on any atom is 0.0329 e. The molecule has 0 amide bonds. The van der Waals surface area contributed by atoms with Gasteiger partial charge in [-0.25, -0.2) is 0 Å². The third-order valence-corrected chi connectivity index (χ3v) is 3.93. The molecule has 0 radical (unpaired) electrons. The number of hydrogen-bond donors (Lipinski definition) is 1. The molecule has 0 fully saturated rings. The van der Waals surface area contributed by atoms with Gasteiger partial charge in [-0.05, 0) is 49.6 Å². The lowest BCUT2D eigenvalue weighted by Gasteiger charge is -2.19. The topological polar surface area (TPSA) is 12.0 Å². The molecule has 1 rings (SSSR count). The van der Waals surface area contributed by atoms with Gasteiger partial charge in [-0.15, -0.1) is 0 Å². The molecular formula is C13H19Br2N. The van der Waals surface area contributed by atoms with E-state index in [4.69, 9.17) is 0 Å². The molecule has 0 bridgehead atoms. The SMILES string of the molecule is CNC(CCC(C)C)c1cc(Br)ccc1Br. The Morgan fingerprint density at radius 2 is 1.88 bits per heavy atom. The molecule has 0 aliphatic rings. The Balaban J connectivity index is 2.81. The van der Waals surface area contributed by atoms with Gasteiger partial charge >= 0.3 is 0 Å². The summed E-state index contributed by atoms with van der Waals surface area (Å²) in [5.41, 5.74) is 1.33. The first-order valence-electron chi connectivity index (χ1n) is 5.66. The van der Waals surface area contributed by atoms with Crippen LogP contribution in [0.3, 0.4) is 0 Å². The van der Waals surface area contributed by atoms with Gasteiger partial charge in [-0.1, -0.05) is 45.7 Å². The summed E-state index contributed by atoms with van der Waals surface area (Å²) in [7, 11) is 2.03. The van der Waals surface area contributed by atoms with Crippen molar-refractivity contribution in [1.82, 2.24) is 5.32 Å². The van der Waals surface area contributed by atoms with E-state index in [2.05, 4.69) is 69.2 Å². The monoisotopic (exact) mass is 347 g/mol. The summed E-state index contributed by atoms with van der Waals surface area (Å²) in [6.45, 7) is 4.53. The van der Waals surface area contributed by atoms with E-state index < -0.39 is 0 Å². The molecular weight excluding hydrogens is 330 g/mol. The molecule has 1 aromatic carbocycles. The first-order valence-corrected chi connectivity index (χ1v) is 7.25. The fourth-order valence-corrected chi connectivity index (χ4v) is 2.64. The molecule has 1 nitrogen and oxygen atoms in total. The average molecular weight is 349 g/mol. The molecule has 0 saturated heterocycles. The van der Waals surface area contributed by atoms with Crippen LogP contribution in [0.1, 0.15) is 38.3 Å². The standard InChI is InChI=1S/C13H19Br2N/c1-9(2)4-7-13(16-3)11-8-10(14)5-6-12(11)15/h5-6,8-9,13,16H,4,7H2,1-3H3. The minimum Gasteiger partial charge on any atom is -0.313 e. The zero-order chi connectivity index (χ0) is 12.1. The normalized spacial score (nSPS) is 13.1. The zero-order valence-corrected chi connectivity index (χ0v) is 13.2. The molecule has 0 aliphatic carbocycles. The third kappa shape index (κ3) is 4.19. The highest BCUT2D eigenvalue weighted by atomic mass is 79.9. The summed E-state index contributed by atoms with van der Waals surface area (Å²) in [5.74, 6) is 0.752.